The summed E-state index contributed by atoms with van der Waals surface area (Å²) in [7, 11) is 0. The molecule has 0 aromatic heterocycles. The van der Waals surface area contributed by atoms with Gasteiger partial charge in [-0.2, -0.15) is 0 Å². The largest absolute Gasteiger partial charge is 0.336 e. The van der Waals surface area contributed by atoms with Crippen LogP contribution < -0.4 is 5.73 Å². The van der Waals surface area contributed by atoms with Crippen molar-refractivity contribution < 1.29 is 4.79 Å². The van der Waals surface area contributed by atoms with Crippen molar-refractivity contribution >= 4 is 5.91 Å². The van der Waals surface area contributed by atoms with Crippen LogP contribution in [0.3, 0.4) is 0 Å². The molecule has 0 saturated heterocycles. The van der Waals surface area contributed by atoms with Crippen LogP contribution in [0.1, 0.15) is 59.3 Å². The van der Waals surface area contributed by atoms with E-state index in [9.17, 15) is 4.79 Å². The zero-order valence-electron chi connectivity index (χ0n) is 10.9. The lowest BCUT2D eigenvalue weighted by Crippen LogP contribution is -2.51. The smallest absolute Gasteiger partial charge is 0.239 e. The zero-order chi connectivity index (χ0) is 12.1. The third kappa shape index (κ3) is 3.21. The molecule has 0 spiro atoms. The molecule has 1 unspecified atom stereocenters. The van der Waals surface area contributed by atoms with E-state index in [4.69, 9.17) is 5.73 Å². The topological polar surface area (TPSA) is 46.3 Å². The Morgan fingerprint density at radius 3 is 2.38 bits per heavy atom. The first-order valence-electron chi connectivity index (χ1n) is 6.65. The molecule has 0 aromatic carbocycles. The predicted octanol–water partition coefficient (Wildman–Crippen LogP) is 2.29. The lowest BCUT2D eigenvalue weighted by Gasteiger charge is -2.34. The molecular formula is C13H26N2O. The van der Waals surface area contributed by atoms with Crippen molar-refractivity contribution in [3.63, 3.8) is 0 Å². The van der Waals surface area contributed by atoms with Gasteiger partial charge in [0.15, 0.2) is 0 Å². The Hall–Kier alpha value is -0.570. The second kappa shape index (κ2) is 6.24. The fourth-order valence-electron chi connectivity index (χ4n) is 2.66. The Bertz CT molecular complexity index is 222. The molecule has 2 N–H and O–H groups in total. The number of rotatable bonds is 5. The van der Waals surface area contributed by atoms with E-state index >= 15 is 0 Å². The van der Waals surface area contributed by atoms with Crippen LogP contribution in [-0.4, -0.2) is 28.9 Å². The minimum atomic E-state index is -0.298. The highest BCUT2D eigenvalue weighted by molar-refractivity contribution is 5.82. The van der Waals surface area contributed by atoms with E-state index < -0.39 is 0 Å². The highest BCUT2D eigenvalue weighted by Gasteiger charge is 2.30. The van der Waals surface area contributed by atoms with Crippen molar-refractivity contribution in [3.05, 3.63) is 0 Å². The van der Waals surface area contributed by atoms with Gasteiger partial charge in [0, 0.05) is 12.1 Å². The first kappa shape index (κ1) is 13.5. The molecule has 1 amide bonds. The Kier molecular flexibility index (Phi) is 5.26. The summed E-state index contributed by atoms with van der Waals surface area (Å²) in [6.45, 7) is 6.26. The molecule has 0 aromatic rings. The predicted molar refractivity (Wildman–Crippen MR) is 67.1 cm³/mol. The number of hydrogen-bond acceptors (Lipinski definition) is 2. The lowest BCUT2D eigenvalue weighted by molar-refractivity contribution is -0.137. The third-order valence-corrected chi connectivity index (χ3v) is 3.45. The fourth-order valence-corrected chi connectivity index (χ4v) is 2.66. The molecule has 3 heteroatoms. The van der Waals surface area contributed by atoms with Gasteiger partial charge in [-0.05, 0) is 33.1 Å². The molecule has 1 atom stereocenters. The summed E-state index contributed by atoms with van der Waals surface area (Å²) < 4.78 is 0. The van der Waals surface area contributed by atoms with Crippen LogP contribution in [0.2, 0.25) is 0 Å². The normalized spacial score (nSPS) is 19.1. The molecule has 1 rings (SSSR count). The molecule has 16 heavy (non-hydrogen) atoms. The van der Waals surface area contributed by atoms with Crippen molar-refractivity contribution in [1.82, 2.24) is 4.90 Å². The average molecular weight is 226 g/mol. The van der Waals surface area contributed by atoms with Crippen LogP contribution in [-0.2, 0) is 4.79 Å². The molecule has 94 valence electrons. The molecule has 3 nitrogen and oxygen atoms in total. The van der Waals surface area contributed by atoms with E-state index in [1.807, 2.05) is 4.90 Å². The summed E-state index contributed by atoms with van der Waals surface area (Å²) >= 11 is 0. The quantitative estimate of drug-likeness (QED) is 0.782. The number of nitrogens with two attached hydrogens (primary N) is 1. The van der Waals surface area contributed by atoms with Gasteiger partial charge in [0.05, 0.1) is 6.04 Å². The van der Waals surface area contributed by atoms with Crippen LogP contribution in [0.15, 0.2) is 0 Å². The minimum absolute atomic E-state index is 0.156. The molecule has 1 aliphatic rings. The average Bonchev–Trinajstić information content (AvgIpc) is 2.71. The number of amides is 1. The molecule has 0 radical (unpaired) electrons. The number of hydrogen-bond donors (Lipinski definition) is 1. The summed E-state index contributed by atoms with van der Waals surface area (Å²) in [5, 5.41) is 0. The molecule has 0 bridgehead atoms. The first-order valence-corrected chi connectivity index (χ1v) is 6.65. The monoisotopic (exact) mass is 226 g/mol. The fraction of sp³-hybridized carbons (Fsp3) is 0.923. The Morgan fingerprint density at radius 2 is 1.94 bits per heavy atom. The Labute approximate surface area is 99.4 Å². The summed E-state index contributed by atoms with van der Waals surface area (Å²) in [5.74, 6) is 0.156. The third-order valence-electron chi connectivity index (χ3n) is 3.45. The summed E-state index contributed by atoms with van der Waals surface area (Å²) in [6.07, 6.45) is 6.60. The maximum Gasteiger partial charge on any atom is 0.239 e. The second-order valence-corrected chi connectivity index (χ2v) is 5.17. The summed E-state index contributed by atoms with van der Waals surface area (Å²) in [4.78, 5) is 14.3. The van der Waals surface area contributed by atoms with E-state index in [2.05, 4.69) is 20.8 Å². The molecule has 0 aliphatic heterocycles. The first-order chi connectivity index (χ1) is 7.57. The van der Waals surface area contributed by atoms with Gasteiger partial charge in [-0.25, -0.2) is 0 Å². The van der Waals surface area contributed by atoms with Gasteiger partial charge in [-0.1, -0.05) is 26.2 Å². The Morgan fingerprint density at radius 1 is 1.38 bits per heavy atom. The van der Waals surface area contributed by atoms with Gasteiger partial charge < -0.3 is 10.6 Å². The van der Waals surface area contributed by atoms with Crippen molar-refractivity contribution in [2.75, 3.05) is 0 Å². The number of nitrogens with zero attached hydrogens (tertiary/aromatic N) is 1. The van der Waals surface area contributed by atoms with Gasteiger partial charge in [-0.15, -0.1) is 0 Å². The van der Waals surface area contributed by atoms with Crippen LogP contribution in [0.25, 0.3) is 0 Å². The number of carbonyl (C=O) groups is 1. The van der Waals surface area contributed by atoms with E-state index in [0.29, 0.717) is 6.04 Å². The van der Waals surface area contributed by atoms with Crippen LogP contribution in [0.5, 0.6) is 0 Å². The highest BCUT2D eigenvalue weighted by Crippen LogP contribution is 2.25. The van der Waals surface area contributed by atoms with Crippen molar-refractivity contribution in [2.45, 2.75) is 77.4 Å². The van der Waals surface area contributed by atoms with E-state index in [1.165, 1.54) is 12.8 Å². The van der Waals surface area contributed by atoms with Crippen molar-refractivity contribution in [3.8, 4) is 0 Å². The van der Waals surface area contributed by atoms with Gasteiger partial charge in [-0.3, -0.25) is 4.79 Å². The maximum atomic E-state index is 12.3. The van der Waals surface area contributed by atoms with Gasteiger partial charge in [0.2, 0.25) is 5.91 Å². The number of carbonyl (C=O) groups excluding carboxylic acids is 1. The Balaban J connectivity index is 2.65. The van der Waals surface area contributed by atoms with Gasteiger partial charge in [0.1, 0.15) is 0 Å². The molecule has 0 heterocycles. The van der Waals surface area contributed by atoms with Crippen LogP contribution in [0.4, 0.5) is 0 Å². The van der Waals surface area contributed by atoms with Crippen LogP contribution >= 0.6 is 0 Å². The standard InChI is InChI=1S/C13H26N2O/c1-4-7-12(14)13(16)15(10(2)3)11-8-5-6-9-11/h10-12H,4-9,14H2,1-3H3. The maximum absolute atomic E-state index is 12.3. The zero-order valence-corrected chi connectivity index (χ0v) is 10.9. The second-order valence-electron chi connectivity index (χ2n) is 5.17. The van der Waals surface area contributed by atoms with E-state index in [0.717, 1.165) is 25.7 Å². The SMILES string of the molecule is CCCC(N)C(=O)N(C(C)C)C1CCCC1. The van der Waals surface area contributed by atoms with E-state index in [1.54, 1.807) is 0 Å². The summed E-state index contributed by atoms with van der Waals surface area (Å²) in [5.41, 5.74) is 5.94. The molecule has 1 aliphatic carbocycles. The van der Waals surface area contributed by atoms with Gasteiger partial charge in [0.25, 0.3) is 0 Å². The van der Waals surface area contributed by atoms with Crippen molar-refractivity contribution in [2.24, 2.45) is 5.73 Å². The van der Waals surface area contributed by atoms with Gasteiger partial charge >= 0.3 is 0 Å². The molecular weight excluding hydrogens is 200 g/mol. The molecule has 1 saturated carbocycles. The van der Waals surface area contributed by atoms with E-state index in [-0.39, 0.29) is 18.0 Å². The van der Waals surface area contributed by atoms with Crippen molar-refractivity contribution in [1.29, 1.82) is 0 Å². The highest BCUT2D eigenvalue weighted by atomic mass is 16.2. The van der Waals surface area contributed by atoms with Crippen LogP contribution in [0, 0.1) is 0 Å². The summed E-state index contributed by atoms with van der Waals surface area (Å²) in [6, 6.07) is 0.418. The minimum Gasteiger partial charge on any atom is -0.336 e. The lowest BCUT2D eigenvalue weighted by atomic mass is 10.1. The molecule has 1 fully saturated rings.